The van der Waals surface area contributed by atoms with Gasteiger partial charge in [0.25, 0.3) is 0 Å². The number of nitrogens with one attached hydrogen (secondary N) is 1. The number of benzene rings is 1. The fourth-order valence-corrected chi connectivity index (χ4v) is 2.87. The third-order valence-corrected chi connectivity index (χ3v) is 4.31. The van der Waals surface area contributed by atoms with Gasteiger partial charge in [-0.2, -0.15) is 0 Å². The van der Waals surface area contributed by atoms with Crippen LogP contribution in [0, 0.1) is 5.92 Å². The maximum absolute atomic E-state index is 3.70. The highest BCUT2D eigenvalue weighted by Crippen LogP contribution is 2.17. The van der Waals surface area contributed by atoms with Gasteiger partial charge in [-0.25, -0.2) is 0 Å². The SMILES string of the molecule is CCC(NCCN1CCC(C)CC1)c1ccccc1. The molecule has 1 unspecified atom stereocenters. The van der Waals surface area contributed by atoms with E-state index in [4.69, 9.17) is 0 Å². The molecule has 1 saturated heterocycles. The molecule has 1 aromatic rings. The van der Waals surface area contributed by atoms with E-state index in [1.165, 1.54) is 38.0 Å². The third kappa shape index (κ3) is 4.63. The van der Waals surface area contributed by atoms with Gasteiger partial charge in [0.2, 0.25) is 0 Å². The summed E-state index contributed by atoms with van der Waals surface area (Å²) in [5.74, 6) is 0.928. The highest BCUT2D eigenvalue weighted by atomic mass is 15.1. The first kappa shape index (κ1) is 14.5. The lowest BCUT2D eigenvalue weighted by atomic mass is 9.99. The van der Waals surface area contributed by atoms with Gasteiger partial charge in [-0.05, 0) is 43.8 Å². The molecule has 1 fully saturated rings. The Balaban J connectivity index is 1.72. The molecule has 0 spiro atoms. The molecule has 1 aliphatic heterocycles. The van der Waals surface area contributed by atoms with Gasteiger partial charge >= 0.3 is 0 Å². The van der Waals surface area contributed by atoms with Crippen LogP contribution in [-0.2, 0) is 0 Å². The molecule has 0 aromatic heterocycles. The van der Waals surface area contributed by atoms with Gasteiger partial charge in [-0.15, -0.1) is 0 Å². The Bertz CT molecular complexity index is 342. The second-order valence-electron chi connectivity index (χ2n) is 5.85. The molecule has 2 heteroatoms. The van der Waals surface area contributed by atoms with E-state index in [0.29, 0.717) is 6.04 Å². The zero-order valence-electron chi connectivity index (χ0n) is 12.4. The summed E-state index contributed by atoms with van der Waals surface area (Å²) < 4.78 is 0. The Morgan fingerprint density at radius 3 is 2.53 bits per heavy atom. The molecule has 0 aliphatic carbocycles. The summed E-state index contributed by atoms with van der Waals surface area (Å²) >= 11 is 0. The predicted octanol–water partition coefficient (Wildman–Crippen LogP) is 3.46. The van der Waals surface area contributed by atoms with Gasteiger partial charge in [-0.1, -0.05) is 44.2 Å². The fourth-order valence-electron chi connectivity index (χ4n) is 2.87. The summed E-state index contributed by atoms with van der Waals surface area (Å²) in [5, 5.41) is 3.70. The molecule has 2 rings (SSSR count). The Hall–Kier alpha value is -0.860. The van der Waals surface area contributed by atoms with Gasteiger partial charge in [0.1, 0.15) is 0 Å². The number of hydrogen-bond acceptors (Lipinski definition) is 2. The van der Waals surface area contributed by atoms with Crippen molar-refractivity contribution in [1.82, 2.24) is 10.2 Å². The minimum atomic E-state index is 0.505. The molecule has 0 bridgehead atoms. The maximum Gasteiger partial charge on any atom is 0.0318 e. The lowest BCUT2D eigenvalue weighted by molar-refractivity contribution is 0.191. The van der Waals surface area contributed by atoms with Crippen LogP contribution in [0.3, 0.4) is 0 Å². The largest absolute Gasteiger partial charge is 0.309 e. The van der Waals surface area contributed by atoms with Crippen LogP contribution < -0.4 is 5.32 Å². The van der Waals surface area contributed by atoms with Crippen LogP contribution in [0.5, 0.6) is 0 Å². The van der Waals surface area contributed by atoms with Crippen molar-refractivity contribution in [2.45, 2.75) is 39.2 Å². The van der Waals surface area contributed by atoms with Crippen molar-refractivity contribution in [3.8, 4) is 0 Å². The van der Waals surface area contributed by atoms with E-state index in [1.807, 2.05) is 0 Å². The first-order chi connectivity index (χ1) is 9.29. The van der Waals surface area contributed by atoms with Crippen LogP contribution in [0.4, 0.5) is 0 Å². The van der Waals surface area contributed by atoms with E-state index in [9.17, 15) is 0 Å². The highest BCUT2D eigenvalue weighted by molar-refractivity contribution is 5.18. The molecule has 1 aromatic carbocycles. The summed E-state index contributed by atoms with van der Waals surface area (Å²) in [6.07, 6.45) is 3.90. The van der Waals surface area contributed by atoms with Crippen LogP contribution >= 0.6 is 0 Å². The fraction of sp³-hybridized carbons (Fsp3) is 0.647. The zero-order chi connectivity index (χ0) is 13.5. The van der Waals surface area contributed by atoms with Crippen LogP contribution in [-0.4, -0.2) is 31.1 Å². The third-order valence-electron chi connectivity index (χ3n) is 4.31. The second kappa shape index (κ2) is 7.66. The molecular weight excluding hydrogens is 232 g/mol. The number of hydrogen-bond donors (Lipinski definition) is 1. The summed E-state index contributed by atoms with van der Waals surface area (Å²) in [6.45, 7) is 9.49. The van der Waals surface area contributed by atoms with E-state index in [2.05, 4.69) is 54.4 Å². The zero-order valence-corrected chi connectivity index (χ0v) is 12.4. The summed E-state index contributed by atoms with van der Waals surface area (Å²) in [6, 6.07) is 11.3. The molecule has 1 atom stereocenters. The van der Waals surface area contributed by atoms with E-state index in [-0.39, 0.29) is 0 Å². The van der Waals surface area contributed by atoms with Gasteiger partial charge < -0.3 is 10.2 Å². The van der Waals surface area contributed by atoms with Crippen molar-refractivity contribution in [1.29, 1.82) is 0 Å². The van der Waals surface area contributed by atoms with E-state index >= 15 is 0 Å². The molecule has 0 saturated carbocycles. The van der Waals surface area contributed by atoms with Gasteiger partial charge in [0, 0.05) is 19.1 Å². The Morgan fingerprint density at radius 1 is 1.21 bits per heavy atom. The van der Waals surface area contributed by atoms with E-state index < -0.39 is 0 Å². The van der Waals surface area contributed by atoms with Crippen molar-refractivity contribution in [3.05, 3.63) is 35.9 Å². The molecular formula is C17H28N2. The average Bonchev–Trinajstić information content (AvgIpc) is 2.46. The van der Waals surface area contributed by atoms with Gasteiger partial charge in [0.15, 0.2) is 0 Å². The van der Waals surface area contributed by atoms with E-state index in [0.717, 1.165) is 18.9 Å². The summed E-state index contributed by atoms with van der Waals surface area (Å²) in [4.78, 5) is 2.60. The van der Waals surface area contributed by atoms with Crippen LogP contribution in [0.15, 0.2) is 30.3 Å². The maximum atomic E-state index is 3.70. The highest BCUT2D eigenvalue weighted by Gasteiger charge is 2.15. The van der Waals surface area contributed by atoms with Crippen LogP contribution in [0.25, 0.3) is 0 Å². The van der Waals surface area contributed by atoms with Gasteiger partial charge in [-0.3, -0.25) is 0 Å². The summed E-state index contributed by atoms with van der Waals surface area (Å²) in [5.41, 5.74) is 1.41. The van der Waals surface area contributed by atoms with Crippen molar-refractivity contribution in [2.75, 3.05) is 26.2 Å². The Kier molecular flexibility index (Phi) is 5.87. The number of likely N-dealkylation sites (tertiary alicyclic amines) is 1. The van der Waals surface area contributed by atoms with Crippen molar-refractivity contribution in [2.24, 2.45) is 5.92 Å². The molecule has 1 heterocycles. The van der Waals surface area contributed by atoms with Crippen molar-refractivity contribution >= 4 is 0 Å². The molecule has 1 N–H and O–H groups in total. The average molecular weight is 260 g/mol. The van der Waals surface area contributed by atoms with Crippen molar-refractivity contribution in [3.63, 3.8) is 0 Å². The first-order valence-electron chi connectivity index (χ1n) is 7.80. The quantitative estimate of drug-likeness (QED) is 0.842. The Labute approximate surface area is 118 Å². The van der Waals surface area contributed by atoms with Crippen LogP contribution in [0.2, 0.25) is 0 Å². The standard InChI is InChI=1S/C17H28N2/c1-3-17(16-7-5-4-6-8-16)18-11-14-19-12-9-15(2)10-13-19/h4-8,15,17-18H,3,9-14H2,1-2H3. The molecule has 0 radical (unpaired) electrons. The molecule has 1 aliphatic rings. The lowest BCUT2D eigenvalue weighted by Gasteiger charge is -2.30. The van der Waals surface area contributed by atoms with Crippen LogP contribution in [0.1, 0.15) is 44.7 Å². The topological polar surface area (TPSA) is 15.3 Å². The normalized spacial score (nSPS) is 19.5. The smallest absolute Gasteiger partial charge is 0.0318 e. The lowest BCUT2D eigenvalue weighted by Crippen LogP contribution is -2.38. The number of rotatable bonds is 6. The first-order valence-corrected chi connectivity index (χ1v) is 7.80. The Morgan fingerprint density at radius 2 is 1.89 bits per heavy atom. The minimum absolute atomic E-state index is 0.505. The summed E-state index contributed by atoms with van der Waals surface area (Å²) in [7, 11) is 0. The number of nitrogens with zero attached hydrogens (tertiary/aromatic N) is 1. The monoisotopic (exact) mass is 260 g/mol. The molecule has 19 heavy (non-hydrogen) atoms. The molecule has 106 valence electrons. The van der Waals surface area contributed by atoms with Gasteiger partial charge in [0.05, 0.1) is 0 Å². The van der Waals surface area contributed by atoms with Crippen molar-refractivity contribution < 1.29 is 0 Å². The predicted molar refractivity (Wildman–Crippen MR) is 82.3 cm³/mol. The number of piperidine rings is 1. The molecule has 2 nitrogen and oxygen atoms in total. The van der Waals surface area contributed by atoms with E-state index in [1.54, 1.807) is 0 Å². The second-order valence-corrected chi connectivity index (χ2v) is 5.85. The minimum Gasteiger partial charge on any atom is -0.309 e. The molecule has 0 amide bonds.